The maximum Gasteiger partial charge on any atom is 0.254 e. The van der Waals surface area contributed by atoms with Gasteiger partial charge in [-0.2, -0.15) is 0 Å². The van der Waals surface area contributed by atoms with Gasteiger partial charge in [-0.3, -0.25) is 9.69 Å². The Balaban J connectivity index is 2.37. The van der Waals surface area contributed by atoms with E-state index in [1.807, 2.05) is 50.2 Å². The van der Waals surface area contributed by atoms with Crippen LogP contribution in [0.3, 0.4) is 0 Å². The lowest BCUT2D eigenvalue weighted by Crippen LogP contribution is -2.52. The van der Waals surface area contributed by atoms with Crippen molar-refractivity contribution in [2.45, 2.75) is 19.4 Å². The summed E-state index contributed by atoms with van der Waals surface area (Å²) in [4.78, 5) is 15.2. The molecule has 2 aromatic rings. The molecule has 1 aliphatic heterocycles. The van der Waals surface area contributed by atoms with E-state index in [2.05, 4.69) is 10.2 Å². The van der Waals surface area contributed by atoms with Gasteiger partial charge >= 0.3 is 0 Å². The molecule has 0 radical (unpaired) electrons. The fraction of sp³-hybridized carbons (Fsp3) is 0.278. The van der Waals surface area contributed by atoms with Gasteiger partial charge in [-0.15, -0.1) is 0 Å². The monoisotopic (exact) mass is 348 g/mol. The topological polar surface area (TPSA) is 32.3 Å². The van der Waals surface area contributed by atoms with Crippen LogP contribution in [0.4, 0.5) is 5.69 Å². The number of carbonyl (C=O) groups is 1. The Morgan fingerprint density at radius 2 is 1.74 bits per heavy atom. The zero-order valence-corrected chi connectivity index (χ0v) is 14.6. The summed E-state index contributed by atoms with van der Waals surface area (Å²) in [7, 11) is 0. The average molecular weight is 349 g/mol. The Hall–Kier alpha value is -1.55. The summed E-state index contributed by atoms with van der Waals surface area (Å²) in [6, 6.07) is 13.0. The van der Waals surface area contributed by atoms with Crippen LogP contribution in [0.2, 0.25) is 10.0 Å². The molecule has 1 N–H and O–H groups in total. The van der Waals surface area contributed by atoms with Crippen molar-refractivity contribution in [2.24, 2.45) is 0 Å². The minimum Gasteiger partial charge on any atom is -0.324 e. The zero-order chi connectivity index (χ0) is 16.6. The van der Waals surface area contributed by atoms with E-state index in [4.69, 9.17) is 23.2 Å². The minimum atomic E-state index is -0.956. The molecular weight excluding hydrogens is 331 g/mol. The van der Waals surface area contributed by atoms with Crippen molar-refractivity contribution >= 4 is 34.8 Å². The lowest BCUT2D eigenvalue weighted by molar-refractivity contribution is -0.125. The predicted molar refractivity (Wildman–Crippen MR) is 95.2 cm³/mol. The molecule has 1 aliphatic rings. The number of nitrogens with zero attached hydrogens (tertiary/aromatic N) is 1. The molecule has 0 bridgehead atoms. The van der Waals surface area contributed by atoms with Gasteiger partial charge in [0.1, 0.15) is 0 Å². The van der Waals surface area contributed by atoms with Gasteiger partial charge in [-0.1, -0.05) is 55.2 Å². The molecular formula is C18H18Cl2N2O. The van der Waals surface area contributed by atoms with E-state index in [1.165, 1.54) is 0 Å². The number of carbonyl (C=O) groups excluding carboxylic acids is 1. The molecule has 120 valence electrons. The predicted octanol–water partition coefficient (Wildman–Crippen LogP) is 4.53. The van der Waals surface area contributed by atoms with Crippen LogP contribution in [0, 0.1) is 0 Å². The van der Waals surface area contributed by atoms with E-state index in [0.717, 1.165) is 16.8 Å². The standard InChI is InChI=1S/C18H18Cl2N2O/c1-3-22(4-2)18(13-7-5-6-8-15(13)20)14-11-12(19)9-10-16(14)21-17(18)23/h5-11H,3-4H2,1-2H3,(H,21,23). The van der Waals surface area contributed by atoms with Gasteiger partial charge < -0.3 is 5.32 Å². The SMILES string of the molecule is CCN(CC)C1(c2ccccc2Cl)C(=O)Nc2ccc(Cl)cc21. The third kappa shape index (κ3) is 2.35. The van der Waals surface area contributed by atoms with Crippen LogP contribution < -0.4 is 5.32 Å². The smallest absolute Gasteiger partial charge is 0.254 e. The fourth-order valence-electron chi connectivity index (χ4n) is 3.46. The first-order chi connectivity index (χ1) is 11.1. The Bertz CT molecular complexity index is 758. The number of hydrogen-bond acceptors (Lipinski definition) is 2. The zero-order valence-electron chi connectivity index (χ0n) is 13.1. The maximum absolute atomic E-state index is 13.1. The second-order valence-electron chi connectivity index (χ2n) is 5.51. The molecule has 1 atom stereocenters. The molecule has 3 nitrogen and oxygen atoms in total. The third-order valence-electron chi connectivity index (χ3n) is 4.45. The largest absolute Gasteiger partial charge is 0.324 e. The van der Waals surface area contributed by atoms with Crippen molar-refractivity contribution in [3.63, 3.8) is 0 Å². The van der Waals surface area contributed by atoms with Crippen molar-refractivity contribution in [1.29, 1.82) is 0 Å². The summed E-state index contributed by atoms with van der Waals surface area (Å²) >= 11 is 12.7. The molecule has 0 fully saturated rings. The molecule has 1 unspecified atom stereocenters. The van der Waals surface area contributed by atoms with Crippen LogP contribution in [-0.2, 0) is 10.3 Å². The highest BCUT2D eigenvalue weighted by Gasteiger charge is 2.52. The van der Waals surface area contributed by atoms with E-state index >= 15 is 0 Å². The first-order valence-corrected chi connectivity index (χ1v) is 8.42. The molecule has 0 saturated heterocycles. The van der Waals surface area contributed by atoms with Crippen molar-refractivity contribution < 1.29 is 4.79 Å². The van der Waals surface area contributed by atoms with Gasteiger partial charge in [0.2, 0.25) is 0 Å². The highest BCUT2D eigenvalue weighted by atomic mass is 35.5. The van der Waals surface area contributed by atoms with Crippen LogP contribution >= 0.6 is 23.2 Å². The molecule has 2 aromatic carbocycles. The molecule has 5 heteroatoms. The first-order valence-electron chi connectivity index (χ1n) is 7.67. The van der Waals surface area contributed by atoms with Gasteiger partial charge in [-0.25, -0.2) is 0 Å². The second-order valence-corrected chi connectivity index (χ2v) is 6.35. The highest BCUT2D eigenvalue weighted by molar-refractivity contribution is 6.32. The average Bonchev–Trinajstić information content (AvgIpc) is 2.82. The van der Waals surface area contributed by atoms with Gasteiger partial charge in [0.05, 0.1) is 0 Å². The molecule has 0 aliphatic carbocycles. The van der Waals surface area contributed by atoms with E-state index in [0.29, 0.717) is 23.1 Å². The van der Waals surface area contributed by atoms with Crippen LogP contribution in [0.1, 0.15) is 25.0 Å². The lowest BCUT2D eigenvalue weighted by Gasteiger charge is -2.39. The van der Waals surface area contributed by atoms with Crippen molar-refractivity contribution in [2.75, 3.05) is 18.4 Å². The first kappa shape index (κ1) is 16.3. The highest BCUT2D eigenvalue weighted by Crippen LogP contribution is 2.48. The van der Waals surface area contributed by atoms with E-state index in [-0.39, 0.29) is 5.91 Å². The summed E-state index contributed by atoms with van der Waals surface area (Å²) in [6.45, 7) is 5.50. The number of nitrogens with one attached hydrogen (secondary N) is 1. The number of likely N-dealkylation sites (N-methyl/N-ethyl adjacent to an activating group) is 1. The third-order valence-corrected chi connectivity index (χ3v) is 5.01. The van der Waals surface area contributed by atoms with Crippen LogP contribution in [0.25, 0.3) is 0 Å². The fourth-order valence-corrected chi connectivity index (χ4v) is 3.91. The van der Waals surface area contributed by atoms with E-state index < -0.39 is 5.54 Å². The van der Waals surface area contributed by atoms with Gasteiger partial charge in [0, 0.05) is 26.9 Å². The summed E-state index contributed by atoms with van der Waals surface area (Å²) in [5, 5.41) is 4.16. The molecule has 3 rings (SSSR count). The molecule has 0 aromatic heterocycles. The molecule has 1 amide bonds. The summed E-state index contributed by atoms with van der Waals surface area (Å²) in [5.41, 5.74) is 1.46. The number of fused-ring (bicyclic) bond motifs is 1. The van der Waals surface area contributed by atoms with Crippen molar-refractivity contribution in [3.05, 3.63) is 63.6 Å². The van der Waals surface area contributed by atoms with E-state index in [1.54, 1.807) is 6.07 Å². The number of hydrogen-bond donors (Lipinski definition) is 1. The Morgan fingerprint density at radius 1 is 1.04 bits per heavy atom. The molecule has 0 saturated carbocycles. The number of halogens is 2. The maximum atomic E-state index is 13.1. The van der Waals surface area contributed by atoms with Crippen molar-refractivity contribution in [3.8, 4) is 0 Å². The van der Waals surface area contributed by atoms with Crippen LogP contribution in [-0.4, -0.2) is 23.9 Å². The Labute approximate surface area is 146 Å². The van der Waals surface area contributed by atoms with Gasteiger partial charge in [0.15, 0.2) is 5.54 Å². The minimum absolute atomic E-state index is 0.0911. The van der Waals surface area contributed by atoms with E-state index in [9.17, 15) is 4.79 Å². The van der Waals surface area contributed by atoms with Crippen LogP contribution in [0.15, 0.2) is 42.5 Å². The summed E-state index contributed by atoms with van der Waals surface area (Å²) < 4.78 is 0. The summed E-state index contributed by atoms with van der Waals surface area (Å²) in [6.07, 6.45) is 0. The lowest BCUT2D eigenvalue weighted by atomic mass is 9.82. The van der Waals surface area contributed by atoms with Crippen LogP contribution in [0.5, 0.6) is 0 Å². The number of benzene rings is 2. The van der Waals surface area contributed by atoms with Gasteiger partial charge in [0.25, 0.3) is 5.91 Å². The van der Waals surface area contributed by atoms with Gasteiger partial charge in [-0.05, 0) is 37.4 Å². The molecule has 0 spiro atoms. The molecule has 1 heterocycles. The van der Waals surface area contributed by atoms with Crippen molar-refractivity contribution in [1.82, 2.24) is 4.90 Å². The second kappa shape index (κ2) is 6.16. The molecule has 23 heavy (non-hydrogen) atoms. The normalized spacial score (nSPS) is 19.8. The number of rotatable bonds is 4. The number of anilines is 1. The Kier molecular flexibility index (Phi) is 4.37. The Morgan fingerprint density at radius 3 is 2.39 bits per heavy atom. The summed E-state index contributed by atoms with van der Waals surface area (Å²) in [5.74, 6) is -0.0911. The quantitative estimate of drug-likeness (QED) is 0.880. The number of amides is 1.